The van der Waals surface area contributed by atoms with Crippen molar-refractivity contribution in [2.45, 2.75) is 20.8 Å². The molecule has 0 fully saturated rings. The van der Waals surface area contributed by atoms with Gasteiger partial charge in [-0.15, -0.1) is 0 Å². The summed E-state index contributed by atoms with van der Waals surface area (Å²) in [5.74, 6) is 0.973. The molecular weight excluding hydrogens is 286 g/mol. The molecule has 0 aliphatic rings. The summed E-state index contributed by atoms with van der Waals surface area (Å²) in [5.41, 5.74) is 7.65. The number of hydrogen-bond acceptors (Lipinski definition) is 3. The van der Waals surface area contributed by atoms with Crippen LogP contribution in [0.5, 0.6) is 0 Å². The number of benzene rings is 1. The summed E-state index contributed by atoms with van der Waals surface area (Å²) in [6, 6.07) is 9.43. The molecule has 0 saturated carbocycles. The fraction of sp³-hybridized carbons (Fsp3) is 0.200. The molecule has 2 rings (SSSR count). The first-order valence-electron chi connectivity index (χ1n) is 6.47. The summed E-state index contributed by atoms with van der Waals surface area (Å²) < 4.78 is 5.32. The quantitative estimate of drug-likeness (QED) is 0.588. The number of rotatable bonds is 2. The van der Waals surface area contributed by atoms with Crippen molar-refractivity contribution in [1.82, 2.24) is 10.9 Å². The van der Waals surface area contributed by atoms with Gasteiger partial charge in [-0.1, -0.05) is 18.2 Å². The van der Waals surface area contributed by atoms with Crippen molar-refractivity contribution in [2.75, 3.05) is 5.32 Å². The maximum absolute atomic E-state index is 12.0. The van der Waals surface area contributed by atoms with Gasteiger partial charge in [-0.3, -0.25) is 15.6 Å². The molecule has 2 aromatic rings. The van der Waals surface area contributed by atoms with E-state index in [4.69, 9.17) is 16.6 Å². The average molecular weight is 303 g/mol. The minimum Gasteiger partial charge on any atom is -0.466 e. The second kappa shape index (κ2) is 6.41. The normalized spacial score (nSPS) is 10.0. The van der Waals surface area contributed by atoms with Crippen LogP contribution in [-0.2, 0) is 0 Å². The summed E-state index contributed by atoms with van der Waals surface area (Å²) in [4.78, 5) is 12.0. The zero-order chi connectivity index (χ0) is 15.4. The highest BCUT2D eigenvalue weighted by Crippen LogP contribution is 2.14. The molecule has 0 atom stereocenters. The predicted molar refractivity (Wildman–Crippen MR) is 86.2 cm³/mol. The number of anilines is 1. The Morgan fingerprint density at radius 1 is 1.14 bits per heavy atom. The number of carbonyl (C=O) groups excluding carboxylic acids is 1. The molecule has 0 saturated heterocycles. The van der Waals surface area contributed by atoms with E-state index >= 15 is 0 Å². The van der Waals surface area contributed by atoms with E-state index in [2.05, 4.69) is 16.2 Å². The lowest BCUT2D eigenvalue weighted by Gasteiger charge is -2.12. The van der Waals surface area contributed by atoms with Crippen molar-refractivity contribution in [3.05, 3.63) is 53.0 Å². The maximum atomic E-state index is 12.0. The zero-order valence-electron chi connectivity index (χ0n) is 12.1. The molecule has 1 amide bonds. The highest BCUT2D eigenvalue weighted by molar-refractivity contribution is 7.80. The van der Waals surface area contributed by atoms with E-state index in [1.165, 1.54) is 0 Å². The van der Waals surface area contributed by atoms with Gasteiger partial charge in [-0.25, -0.2) is 0 Å². The van der Waals surface area contributed by atoms with Crippen LogP contribution in [0.3, 0.4) is 0 Å². The fourth-order valence-electron chi connectivity index (χ4n) is 1.90. The van der Waals surface area contributed by atoms with E-state index in [9.17, 15) is 4.79 Å². The Balaban J connectivity index is 1.91. The van der Waals surface area contributed by atoms with Crippen molar-refractivity contribution in [3.63, 3.8) is 0 Å². The van der Waals surface area contributed by atoms with Gasteiger partial charge >= 0.3 is 0 Å². The summed E-state index contributed by atoms with van der Waals surface area (Å²) in [5, 5.41) is 3.33. The number of nitrogens with one attached hydrogen (secondary N) is 3. The van der Waals surface area contributed by atoms with Crippen molar-refractivity contribution in [1.29, 1.82) is 0 Å². The smallest absolute Gasteiger partial charge is 0.273 e. The van der Waals surface area contributed by atoms with Gasteiger partial charge in [-0.05, 0) is 50.7 Å². The number of aryl methyl sites for hydroxylation is 3. The van der Waals surface area contributed by atoms with Crippen LogP contribution in [0.4, 0.5) is 5.69 Å². The van der Waals surface area contributed by atoms with E-state index in [1.54, 1.807) is 19.9 Å². The first-order chi connectivity index (χ1) is 9.97. The monoisotopic (exact) mass is 303 g/mol. The van der Waals surface area contributed by atoms with E-state index < -0.39 is 0 Å². The first-order valence-corrected chi connectivity index (χ1v) is 6.88. The molecule has 5 nitrogen and oxygen atoms in total. The average Bonchev–Trinajstić information content (AvgIpc) is 2.78. The molecule has 1 aromatic carbocycles. The second-order valence-electron chi connectivity index (χ2n) is 4.68. The van der Waals surface area contributed by atoms with E-state index in [0.29, 0.717) is 22.2 Å². The summed E-state index contributed by atoms with van der Waals surface area (Å²) in [6.07, 6.45) is 0. The molecule has 0 bridgehead atoms. The highest BCUT2D eigenvalue weighted by Gasteiger charge is 2.13. The minimum atomic E-state index is -0.293. The van der Waals surface area contributed by atoms with Crippen LogP contribution in [0.15, 0.2) is 34.7 Å². The summed E-state index contributed by atoms with van der Waals surface area (Å²) >= 11 is 5.14. The molecule has 1 aromatic heterocycles. The van der Waals surface area contributed by atoms with Crippen LogP contribution in [0.1, 0.15) is 27.4 Å². The van der Waals surface area contributed by atoms with Crippen LogP contribution in [-0.4, -0.2) is 11.0 Å². The zero-order valence-corrected chi connectivity index (χ0v) is 12.9. The van der Waals surface area contributed by atoms with E-state index in [1.807, 2.05) is 31.2 Å². The van der Waals surface area contributed by atoms with Crippen LogP contribution in [0.2, 0.25) is 0 Å². The third kappa shape index (κ3) is 3.82. The molecule has 3 N–H and O–H groups in total. The minimum absolute atomic E-state index is 0.293. The Hall–Kier alpha value is -2.34. The summed E-state index contributed by atoms with van der Waals surface area (Å²) in [6.45, 7) is 5.51. The van der Waals surface area contributed by atoms with Gasteiger partial charge < -0.3 is 9.73 Å². The van der Waals surface area contributed by atoms with Crippen LogP contribution in [0.25, 0.3) is 0 Å². The van der Waals surface area contributed by atoms with Gasteiger partial charge in [0.15, 0.2) is 5.11 Å². The first kappa shape index (κ1) is 15.1. The largest absolute Gasteiger partial charge is 0.466 e. The number of hydrazine groups is 1. The van der Waals surface area contributed by atoms with E-state index in [-0.39, 0.29) is 5.91 Å². The Kier molecular flexibility index (Phi) is 4.59. The maximum Gasteiger partial charge on any atom is 0.273 e. The van der Waals surface area contributed by atoms with Crippen LogP contribution in [0, 0.1) is 20.8 Å². The molecule has 110 valence electrons. The molecule has 21 heavy (non-hydrogen) atoms. The Morgan fingerprint density at radius 2 is 1.86 bits per heavy atom. The van der Waals surface area contributed by atoms with Crippen molar-refractivity contribution in [2.24, 2.45) is 0 Å². The molecule has 1 heterocycles. The van der Waals surface area contributed by atoms with Crippen molar-refractivity contribution >= 4 is 28.9 Å². The van der Waals surface area contributed by atoms with Crippen molar-refractivity contribution in [3.8, 4) is 0 Å². The third-order valence-corrected chi connectivity index (χ3v) is 3.17. The molecule has 0 aliphatic heterocycles. The van der Waals surface area contributed by atoms with Crippen LogP contribution >= 0.6 is 12.2 Å². The lowest BCUT2D eigenvalue weighted by molar-refractivity contribution is 0.0942. The topological polar surface area (TPSA) is 66.3 Å². The molecule has 0 aliphatic carbocycles. The lowest BCUT2D eigenvalue weighted by Crippen LogP contribution is -2.43. The number of furan rings is 1. The Morgan fingerprint density at radius 3 is 2.48 bits per heavy atom. The van der Waals surface area contributed by atoms with Gasteiger partial charge in [0, 0.05) is 5.69 Å². The molecule has 0 radical (unpaired) electrons. The molecule has 0 spiro atoms. The van der Waals surface area contributed by atoms with Crippen LogP contribution < -0.4 is 16.2 Å². The Bertz CT molecular complexity index is 679. The lowest BCUT2D eigenvalue weighted by atomic mass is 10.2. The van der Waals surface area contributed by atoms with Gasteiger partial charge in [-0.2, -0.15) is 0 Å². The number of carbonyl (C=O) groups is 1. The molecule has 6 heteroatoms. The molecular formula is C15H17N3O2S. The SMILES string of the molecule is Cc1cc(C(=O)NNC(=S)Nc2ccccc2C)c(C)o1. The fourth-order valence-corrected chi connectivity index (χ4v) is 2.06. The molecule has 0 unspecified atom stereocenters. The standard InChI is InChI=1S/C15H17N3O2S/c1-9-6-4-5-7-13(9)16-15(21)18-17-14(19)12-8-10(2)20-11(12)3/h4-8H,1-3H3,(H,17,19)(H2,16,18,21). The second-order valence-corrected chi connectivity index (χ2v) is 5.08. The van der Waals surface area contributed by atoms with E-state index in [0.717, 1.165) is 11.3 Å². The highest BCUT2D eigenvalue weighted by atomic mass is 32.1. The van der Waals surface area contributed by atoms with Gasteiger partial charge in [0.2, 0.25) is 0 Å². The van der Waals surface area contributed by atoms with Gasteiger partial charge in [0.1, 0.15) is 11.5 Å². The van der Waals surface area contributed by atoms with Crippen molar-refractivity contribution < 1.29 is 9.21 Å². The number of para-hydroxylation sites is 1. The number of thiocarbonyl (C=S) groups is 1. The predicted octanol–water partition coefficient (Wildman–Crippen LogP) is 2.84. The third-order valence-electron chi connectivity index (χ3n) is 2.97. The number of hydrogen-bond donors (Lipinski definition) is 3. The summed E-state index contributed by atoms with van der Waals surface area (Å²) in [7, 11) is 0. The Labute approximate surface area is 128 Å². The number of amides is 1. The van der Waals surface area contributed by atoms with Gasteiger partial charge in [0.05, 0.1) is 5.56 Å². The van der Waals surface area contributed by atoms with Gasteiger partial charge in [0.25, 0.3) is 5.91 Å².